The molecule has 15 heavy (non-hydrogen) atoms. The maximum atomic E-state index is 10.8. The summed E-state index contributed by atoms with van der Waals surface area (Å²) in [6.07, 6.45) is 0. The van der Waals surface area contributed by atoms with Gasteiger partial charge in [0.15, 0.2) is 5.69 Å². The van der Waals surface area contributed by atoms with Gasteiger partial charge in [0.05, 0.1) is 9.99 Å². The number of carbonyl (C=O) groups is 1. The summed E-state index contributed by atoms with van der Waals surface area (Å²) in [4.78, 5) is 10.8. The first kappa shape index (κ1) is 9.68. The molecule has 0 unspecified atom stereocenters. The Kier molecular flexibility index (Phi) is 2.17. The third kappa shape index (κ3) is 1.37. The van der Waals surface area contributed by atoms with Crippen molar-refractivity contribution < 1.29 is 9.90 Å². The monoisotopic (exact) mass is 265 g/mol. The van der Waals surface area contributed by atoms with Gasteiger partial charge in [-0.3, -0.25) is 0 Å². The molecule has 0 spiro atoms. The number of pyridine rings is 1. The molecule has 2 aromatic heterocycles. The number of carboxylic acids is 1. The van der Waals surface area contributed by atoms with E-state index in [1.165, 1.54) is 4.52 Å². The van der Waals surface area contributed by atoms with Gasteiger partial charge >= 0.3 is 5.97 Å². The molecule has 0 bridgehead atoms. The van der Waals surface area contributed by atoms with Crippen molar-refractivity contribution in [3.63, 3.8) is 0 Å². The zero-order valence-corrected chi connectivity index (χ0v) is 8.89. The Morgan fingerprint density at radius 3 is 2.93 bits per heavy atom. The van der Waals surface area contributed by atoms with Crippen LogP contribution in [0.5, 0.6) is 0 Å². The highest BCUT2D eigenvalue weighted by molar-refractivity contribution is 9.10. The average Bonchev–Trinajstić information content (AvgIpc) is 2.56. The lowest BCUT2D eigenvalue weighted by atomic mass is 10.3. The molecule has 0 aliphatic heterocycles. The fraction of sp³-hybridized carbons (Fsp3) is 0. The molecule has 6 heteroatoms. The molecule has 0 aromatic carbocycles. The van der Waals surface area contributed by atoms with Crippen molar-refractivity contribution in [1.82, 2.24) is 9.61 Å². The fourth-order valence-electron chi connectivity index (χ4n) is 1.26. The Hall–Kier alpha value is -1.87. The zero-order chi connectivity index (χ0) is 11.0. The Morgan fingerprint density at radius 1 is 1.60 bits per heavy atom. The van der Waals surface area contributed by atoms with Gasteiger partial charge < -0.3 is 5.11 Å². The first-order valence-electron chi connectivity index (χ1n) is 3.96. The van der Waals surface area contributed by atoms with Crippen LogP contribution in [0.25, 0.3) is 5.52 Å². The van der Waals surface area contributed by atoms with Crippen LogP contribution in [0.3, 0.4) is 0 Å². The molecule has 0 amide bonds. The van der Waals surface area contributed by atoms with E-state index in [4.69, 9.17) is 10.4 Å². The van der Waals surface area contributed by atoms with Crippen LogP contribution in [-0.4, -0.2) is 20.7 Å². The number of aromatic carboxylic acids is 1. The molecule has 74 valence electrons. The van der Waals surface area contributed by atoms with E-state index in [1.54, 1.807) is 18.2 Å². The summed E-state index contributed by atoms with van der Waals surface area (Å²) >= 11 is 3.14. The van der Waals surface area contributed by atoms with E-state index in [0.717, 1.165) is 0 Å². The van der Waals surface area contributed by atoms with Crippen LogP contribution < -0.4 is 0 Å². The third-order valence-electron chi connectivity index (χ3n) is 1.91. The topological polar surface area (TPSA) is 78.4 Å². The molecular weight excluding hydrogens is 262 g/mol. The number of hydrogen-bond acceptors (Lipinski definition) is 3. The summed E-state index contributed by atoms with van der Waals surface area (Å²) in [7, 11) is 0. The number of fused-ring (bicyclic) bond motifs is 1. The number of rotatable bonds is 1. The number of aromatic nitrogens is 2. The van der Waals surface area contributed by atoms with Gasteiger partial charge in [0.1, 0.15) is 11.8 Å². The average molecular weight is 266 g/mol. The molecule has 0 radical (unpaired) electrons. The number of carboxylic acid groups (broad SMARTS) is 1. The van der Waals surface area contributed by atoms with Gasteiger partial charge in [0.2, 0.25) is 0 Å². The van der Waals surface area contributed by atoms with Gasteiger partial charge in [0, 0.05) is 0 Å². The molecule has 0 aliphatic carbocycles. The van der Waals surface area contributed by atoms with Crippen LogP contribution in [-0.2, 0) is 0 Å². The zero-order valence-electron chi connectivity index (χ0n) is 7.31. The SMILES string of the molecule is N#Cc1cccc2c(Br)c(C(=O)O)nn12. The van der Waals surface area contributed by atoms with Gasteiger partial charge in [-0.25, -0.2) is 9.31 Å². The molecule has 2 heterocycles. The summed E-state index contributed by atoms with van der Waals surface area (Å²) in [5, 5.41) is 21.5. The van der Waals surface area contributed by atoms with Crippen molar-refractivity contribution in [3.8, 4) is 6.07 Å². The van der Waals surface area contributed by atoms with Gasteiger partial charge in [-0.2, -0.15) is 10.4 Å². The molecule has 0 aliphatic rings. The van der Waals surface area contributed by atoms with Crippen LogP contribution in [0.15, 0.2) is 22.7 Å². The highest BCUT2D eigenvalue weighted by Gasteiger charge is 2.17. The minimum Gasteiger partial charge on any atom is -0.476 e. The maximum absolute atomic E-state index is 10.8. The number of nitriles is 1. The third-order valence-corrected chi connectivity index (χ3v) is 2.70. The number of halogens is 1. The van der Waals surface area contributed by atoms with Crippen LogP contribution in [0.2, 0.25) is 0 Å². The second kappa shape index (κ2) is 3.37. The summed E-state index contributed by atoms with van der Waals surface area (Å²) in [6, 6.07) is 6.86. The van der Waals surface area contributed by atoms with E-state index >= 15 is 0 Å². The first-order chi connectivity index (χ1) is 7.15. The molecular formula is C9H4BrN3O2. The van der Waals surface area contributed by atoms with Gasteiger partial charge in [0.25, 0.3) is 0 Å². The second-order valence-electron chi connectivity index (χ2n) is 2.79. The maximum Gasteiger partial charge on any atom is 0.357 e. The number of nitrogens with zero attached hydrogens (tertiary/aromatic N) is 3. The molecule has 2 aromatic rings. The summed E-state index contributed by atoms with van der Waals surface area (Å²) in [5.41, 5.74) is 0.754. The van der Waals surface area contributed by atoms with E-state index in [-0.39, 0.29) is 5.69 Å². The molecule has 0 fully saturated rings. The smallest absolute Gasteiger partial charge is 0.357 e. The van der Waals surface area contributed by atoms with Crippen molar-refractivity contribution in [2.75, 3.05) is 0 Å². The van der Waals surface area contributed by atoms with Gasteiger partial charge in [-0.15, -0.1) is 0 Å². The molecule has 5 nitrogen and oxygen atoms in total. The van der Waals surface area contributed by atoms with Crippen molar-refractivity contribution >= 4 is 27.4 Å². The van der Waals surface area contributed by atoms with Crippen molar-refractivity contribution in [3.05, 3.63) is 34.1 Å². The van der Waals surface area contributed by atoms with E-state index in [0.29, 0.717) is 15.7 Å². The Morgan fingerprint density at radius 2 is 2.33 bits per heavy atom. The fourth-order valence-corrected chi connectivity index (χ4v) is 1.81. The minimum absolute atomic E-state index is 0.0994. The molecule has 0 saturated heterocycles. The van der Waals surface area contributed by atoms with Gasteiger partial charge in [-0.05, 0) is 28.1 Å². The van der Waals surface area contributed by atoms with E-state index in [9.17, 15) is 4.79 Å². The summed E-state index contributed by atoms with van der Waals surface area (Å²) < 4.78 is 1.68. The normalized spacial score (nSPS) is 10.1. The Balaban J connectivity index is 2.88. The quantitative estimate of drug-likeness (QED) is 0.851. The Labute approximate surface area is 92.7 Å². The lowest BCUT2D eigenvalue weighted by Gasteiger charge is -1.93. The van der Waals surface area contributed by atoms with E-state index < -0.39 is 5.97 Å². The van der Waals surface area contributed by atoms with Crippen molar-refractivity contribution in [2.24, 2.45) is 0 Å². The minimum atomic E-state index is -1.13. The van der Waals surface area contributed by atoms with Gasteiger partial charge in [-0.1, -0.05) is 6.07 Å². The van der Waals surface area contributed by atoms with Crippen LogP contribution in [0, 0.1) is 11.3 Å². The highest BCUT2D eigenvalue weighted by Crippen LogP contribution is 2.23. The lowest BCUT2D eigenvalue weighted by Crippen LogP contribution is -1.99. The largest absolute Gasteiger partial charge is 0.476 e. The lowest BCUT2D eigenvalue weighted by molar-refractivity contribution is 0.0689. The number of hydrogen-bond donors (Lipinski definition) is 1. The highest BCUT2D eigenvalue weighted by atomic mass is 79.9. The predicted octanol–water partition coefficient (Wildman–Crippen LogP) is 1.67. The van der Waals surface area contributed by atoms with E-state index in [1.807, 2.05) is 6.07 Å². The second-order valence-corrected chi connectivity index (χ2v) is 3.58. The van der Waals surface area contributed by atoms with Crippen LogP contribution in [0.1, 0.15) is 16.2 Å². The Bertz CT molecular complexity index is 597. The van der Waals surface area contributed by atoms with Crippen molar-refractivity contribution in [2.45, 2.75) is 0 Å². The van der Waals surface area contributed by atoms with Crippen LogP contribution >= 0.6 is 15.9 Å². The first-order valence-corrected chi connectivity index (χ1v) is 4.75. The molecule has 0 atom stereocenters. The van der Waals surface area contributed by atoms with Crippen molar-refractivity contribution in [1.29, 1.82) is 5.26 Å². The molecule has 0 saturated carbocycles. The van der Waals surface area contributed by atoms with Crippen LogP contribution in [0.4, 0.5) is 0 Å². The van der Waals surface area contributed by atoms with E-state index in [2.05, 4.69) is 21.0 Å². The summed E-state index contributed by atoms with van der Waals surface area (Å²) in [6.45, 7) is 0. The predicted molar refractivity (Wildman–Crippen MR) is 54.6 cm³/mol. The summed E-state index contributed by atoms with van der Waals surface area (Å²) in [5.74, 6) is -1.13. The standard InChI is InChI=1S/C9H4BrN3O2/c10-7-6-3-1-2-5(4-11)13(6)12-8(7)9(14)15/h1-3H,(H,14,15). The molecule has 2 rings (SSSR count). The molecule has 1 N–H and O–H groups in total.